The minimum atomic E-state index is -0.240. The van der Waals surface area contributed by atoms with E-state index in [1.807, 2.05) is 6.07 Å². The lowest BCUT2D eigenvalue weighted by atomic mass is 10.1. The zero-order chi connectivity index (χ0) is 19.1. The minimum absolute atomic E-state index is 0.0672. The van der Waals surface area contributed by atoms with Crippen LogP contribution in [0.25, 0.3) is 16.7 Å². The van der Waals surface area contributed by atoms with Gasteiger partial charge in [0.05, 0.1) is 10.9 Å². The molecule has 0 aromatic carbocycles. The van der Waals surface area contributed by atoms with E-state index in [4.69, 9.17) is 5.41 Å². The number of amides is 1. The van der Waals surface area contributed by atoms with Crippen LogP contribution in [0.5, 0.6) is 0 Å². The lowest BCUT2D eigenvalue weighted by Gasteiger charge is -2.34. The van der Waals surface area contributed by atoms with Gasteiger partial charge in [0.25, 0.3) is 11.5 Å². The SMILES string of the molecule is CCN1CCN(C(=O)c2cc3c(=O)n4ccccc4nc3n(C)c2=N)CC1. The lowest BCUT2D eigenvalue weighted by molar-refractivity contribution is 0.0640. The first-order valence-electron chi connectivity index (χ1n) is 9.08. The first-order valence-corrected chi connectivity index (χ1v) is 9.08. The molecule has 1 saturated heterocycles. The summed E-state index contributed by atoms with van der Waals surface area (Å²) in [5, 5.41) is 8.78. The van der Waals surface area contributed by atoms with Crippen LogP contribution in [0.3, 0.4) is 0 Å². The van der Waals surface area contributed by atoms with Crippen LogP contribution in [0.2, 0.25) is 0 Å². The minimum Gasteiger partial charge on any atom is -0.336 e. The predicted molar refractivity (Wildman–Crippen MR) is 102 cm³/mol. The smallest absolute Gasteiger partial charge is 0.267 e. The van der Waals surface area contributed by atoms with E-state index in [1.165, 1.54) is 15.0 Å². The third-order valence-electron chi connectivity index (χ3n) is 5.28. The summed E-state index contributed by atoms with van der Waals surface area (Å²) in [7, 11) is 1.67. The van der Waals surface area contributed by atoms with Crippen molar-refractivity contribution in [2.75, 3.05) is 32.7 Å². The van der Waals surface area contributed by atoms with Crippen LogP contribution in [0.15, 0.2) is 35.3 Å². The summed E-state index contributed by atoms with van der Waals surface area (Å²) >= 11 is 0. The van der Waals surface area contributed by atoms with Gasteiger partial charge in [-0.15, -0.1) is 0 Å². The molecular formula is C19H22N6O2. The number of aromatic nitrogens is 3. The Labute approximate surface area is 155 Å². The molecule has 0 bridgehead atoms. The highest BCUT2D eigenvalue weighted by atomic mass is 16.2. The Hall–Kier alpha value is -3.00. The molecule has 0 radical (unpaired) electrons. The maximum Gasteiger partial charge on any atom is 0.267 e. The molecule has 1 aliphatic heterocycles. The number of piperazine rings is 1. The number of nitrogens with zero attached hydrogens (tertiary/aromatic N) is 5. The summed E-state index contributed by atoms with van der Waals surface area (Å²) in [6, 6.07) is 6.85. The Kier molecular flexibility index (Phi) is 4.27. The molecule has 0 spiro atoms. The van der Waals surface area contributed by atoms with Gasteiger partial charge in [0.2, 0.25) is 0 Å². The highest BCUT2D eigenvalue weighted by Crippen LogP contribution is 2.12. The maximum atomic E-state index is 13.0. The maximum absolute atomic E-state index is 13.0. The van der Waals surface area contributed by atoms with Crippen molar-refractivity contribution in [2.24, 2.45) is 7.05 Å². The van der Waals surface area contributed by atoms with Crippen LogP contribution in [0.4, 0.5) is 0 Å². The zero-order valence-electron chi connectivity index (χ0n) is 15.5. The molecule has 1 amide bonds. The van der Waals surface area contributed by atoms with Crippen molar-refractivity contribution in [3.63, 3.8) is 0 Å². The second-order valence-electron chi connectivity index (χ2n) is 6.78. The van der Waals surface area contributed by atoms with Crippen LogP contribution in [-0.2, 0) is 7.05 Å². The first-order chi connectivity index (χ1) is 13.0. The molecule has 1 fully saturated rings. The van der Waals surface area contributed by atoms with Crippen LogP contribution in [-0.4, -0.2) is 62.4 Å². The Morgan fingerprint density at radius 2 is 1.96 bits per heavy atom. The van der Waals surface area contributed by atoms with Crippen LogP contribution < -0.4 is 11.0 Å². The number of aryl methyl sites for hydroxylation is 1. The number of fused-ring (bicyclic) bond motifs is 2. The number of rotatable bonds is 2. The molecule has 0 saturated carbocycles. The molecule has 1 N–H and O–H groups in total. The van der Waals surface area contributed by atoms with Crippen molar-refractivity contribution in [3.05, 3.63) is 51.9 Å². The number of pyridine rings is 2. The van der Waals surface area contributed by atoms with Gasteiger partial charge in [-0.2, -0.15) is 0 Å². The van der Waals surface area contributed by atoms with Crippen molar-refractivity contribution < 1.29 is 4.79 Å². The predicted octanol–water partition coefficient (Wildman–Crippen LogP) is 0.443. The molecule has 8 nitrogen and oxygen atoms in total. The van der Waals surface area contributed by atoms with Gasteiger partial charge >= 0.3 is 0 Å². The third-order valence-corrected chi connectivity index (χ3v) is 5.28. The van der Waals surface area contributed by atoms with Crippen molar-refractivity contribution in [1.29, 1.82) is 5.41 Å². The monoisotopic (exact) mass is 366 g/mol. The lowest BCUT2D eigenvalue weighted by Crippen LogP contribution is -2.49. The van der Waals surface area contributed by atoms with Gasteiger partial charge < -0.3 is 14.4 Å². The van der Waals surface area contributed by atoms with Crippen LogP contribution >= 0.6 is 0 Å². The Balaban J connectivity index is 1.85. The van der Waals surface area contributed by atoms with Crippen molar-refractivity contribution >= 4 is 22.6 Å². The van der Waals surface area contributed by atoms with Gasteiger partial charge in [0.1, 0.15) is 16.8 Å². The zero-order valence-corrected chi connectivity index (χ0v) is 15.5. The number of hydrogen-bond acceptors (Lipinski definition) is 5. The number of hydrogen-bond donors (Lipinski definition) is 1. The van der Waals surface area contributed by atoms with Crippen LogP contribution in [0, 0.1) is 5.41 Å². The summed E-state index contributed by atoms with van der Waals surface area (Å²) in [4.78, 5) is 34.5. The van der Waals surface area contributed by atoms with Gasteiger partial charge in [-0.25, -0.2) is 4.98 Å². The summed E-state index contributed by atoms with van der Waals surface area (Å²) in [5.41, 5.74) is 0.988. The van der Waals surface area contributed by atoms with E-state index in [1.54, 1.807) is 30.3 Å². The summed E-state index contributed by atoms with van der Waals surface area (Å²) < 4.78 is 2.97. The molecule has 4 rings (SSSR count). The van der Waals surface area contributed by atoms with E-state index in [-0.39, 0.29) is 22.5 Å². The number of nitrogens with one attached hydrogen (secondary N) is 1. The molecule has 3 aromatic heterocycles. The van der Waals surface area contributed by atoms with E-state index in [9.17, 15) is 9.59 Å². The number of likely N-dealkylation sites (N-methyl/N-ethyl adjacent to an activating group) is 1. The second kappa shape index (κ2) is 6.62. The topological polar surface area (TPSA) is 86.7 Å². The van der Waals surface area contributed by atoms with Gasteiger partial charge in [-0.05, 0) is 24.7 Å². The Morgan fingerprint density at radius 3 is 2.67 bits per heavy atom. The summed E-state index contributed by atoms with van der Waals surface area (Å²) in [5.74, 6) is -0.203. The van der Waals surface area contributed by atoms with Gasteiger partial charge in [-0.1, -0.05) is 13.0 Å². The molecule has 27 heavy (non-hydrogen) atoms. The van der Waals surface area contributed by atoms with Crippen molar-refractivity contribution in [2.45, 2.75) is 6.92 Å². The molecule has 0 unspecified atom stereocenters. The molecule has 1 aliphatic rings. The summed E-state index contributed by atoms with van der Waals surface area (Å²) in [6.07, 6.45) is 1.66. The highest BCUT2D eigenvalue weighted by molar-refractivity contribution is 5.96. The molecule has 140 valence electrons. The normalized spacial score (nSPS) is 15.6. The van der Waals surface area contributed by atoms with Gasteiger partial charge in [0, 0.05) is 39.4 Å². The fourth-order valence-electron chi connectivity index (χ4n) is 3.57. The van der Waals surface area contributed by atoms with E-state index < -0.39 is 0 Å². The standard InChI is InChI=1S/C19H22N6O2/c1-3-23-8-10-24(11-9-23)18(26)13-12-14-17(22(2)16(13)20)21-15-6-4-5-7-25(15)19(14)27/h4-7,12,20H,3,8-11H2,1-2H3. The number of carbonyl (C=O) groups excluding carboxylic acids is 1. The molecule has 0 atom stereocenters. The van der Waals surface area contributed by atoms with E-state index in [2.05, 4.69) is 16.8 Å². The van der Waals surface area contributed by atoms with Crippen molar-refractivity contribution in [1.82, 2.24) is 23.8 Å². The average Bonchev–Trinajstić information content (AvgIpc) is 2.71. The molecular weight excluding hydrogens is 344 g/mol. The highest BCUT2D eigenvalue weighted by Gasteiger charge is 2.24. The van der Waals surface area contributed by atoms with Gasteiger partial charge in [-0.3, -0.25) is 19.4 Å². The fourth-order valence-corrected chi connectivity index (χ4v) is 3.57. The molecule has 8 heteroatoms. The largest absolute Gasteiger partial charge is 0.336 e. The Morgan fingerprint density at radius 1 is 1.22 bits per heavy atom. The third kappa shape index (κ3) is 2.82. The quantitative estimate of drug-likeness (QED) is 0.667. The average molecular weight is 366 g/mol. The molecule has 0 aliphatic carbocycles. The van der Waals surface area contributed by atoms with Gasteiger partial charge in [0.15, 0.2) is 0 Å². The fraction of sp³-hybridized carbons (Fsp3) is 0.368. The Bertz CT molecular complexity index is 1150. The van der Waals surface area contributed by atoms with E-state index >= 15 is 0 Å². The summed E-state index contributed by atoms with van der Waals surface area (Å²) in [6.45, 7) is 5.97. The van der Waals surface area contributed by atoms with E-state index in [0.29, 0.717) is 29.8 Å². The van der Waals surface area contributed by atoms with E-state index in [0.717, 1.165) is 19.6 Å². The number of carbonyl (C=O) groups is 1. The molecule has 4 heterocycles. The first kappa shape index (κ1) is 17.4. The van der Waals surface area contributed by atoms with Crippen molar-refractivity contribution in [3.8, 4) is 0 Å². The second-order valence-corrected chi connectivity index (χ2v) is 6.78. The molecule has 3 aromatic rings. The van der Waals surface area contributed by atoms with Crippen LogP contribution in [0.1, 0.15) is 17.3 Å².